The van der Waals surface area contributed by atoms with Gasteiger partial charge in [0.25, 0.3) is 0 Å². The number of phenolic OH excluding ortho intramolecular Hbond substituents is 1. The van der Waals surface area contributed by atoms with Crippen molar-refractivity contribution < 1.29 is 9.84 Å². The van der Waals surface area contributed by atoms with Gasteiger partial charge < -0.3 is 20.6 Å². The Morgan fingerprint density at radius 3 is 3.00 bits per heavy atom. The number of hydrogen-bond acceptors (Lipinski definition) is 3. The van der Waals surface area contributed by atoms with Crippen molar-refractivity contribution in [1.29, 1.82) is 0 Å². The van der Waals surface area contributed by atoms with E-state index in [0.29, 0.717) is 12.2 Å². The second kappa shape index (κ2) is 3.92. The Kier molecular flexibility index (Phi) is 2.62. The van der Waals surface area contributed by atoms with E-state index in [-0.39, 0.29) is 11.8 Å². The number of nitrogens with two attached hydrogens (primary N) is 1. The summed E-state index contributed by atoms with van der Waals surface area (Å²) >= 11 is 0. The summed E-state index contributed by atoms with van der Waals surface area (Å²) < 4.78 is 4.96. The van der Waals surface area contributed by atoms with Gasteiger partial charge in [0.1, 0.15) is 5.75 Å². The lowest BCUT2D eigenvalue weighted by Gasteiger charge is -2.12. The van der Waals surface area contributed by atoms with Gasteiger partial charge >= 0.3 is 0 Å². The molecule has 80 valence electrons. The zero-order chi connectivity index (χ0) is 10.8. The first-order chi connectivity index (χ1) is 7.24. The summed E-state index contributed by atoms with van der Waals surface area (Å²) in [6.45, 7) is 0.392. The maximum atomic E-state index is 9.98. The summed E-state index contributed by atoms with van der Waals surface area (Å²) in [6, 6.07) is 5.25. The molecule has 0 aliphatic carbocycles. The first kappa shape index (κ1) is 10.0. The number of rotatable bonds is 3. The minimum Gasteiger partial charge on any atom is -0.507 e. The monoisotopic (exact) mass is 206 g/mol. The van der Waals surface area contributed by atoms with Gasteiger partial charge in [0.2, 0.25) is 0 Å². The predicted molar refractivity (Wildman–Crippen MR) is 58.8 cm³/mol. The fourth-order valence-corrected chi connectivity index (χ4v) is 1.70. The maximum absolute atomic E-state index is 9.98. The summed E-state index contributed by atoms with van der Waals surface area (Å²) in [5.41, 5.74) is 7.49. The molecule has 1 aromatic heterocycles. The summed E-state index contributed by atoms with van der Waals surface area (Å²) in [7, 11) is 1.59. The van der Waals surface area contributed by atoms with Gasteiger partial charge in [0.05, 0.1) is 12.6 Å². The number of ether oxygens (including phenoxy) is 1. The van der Waals surface area contributed by atoms with Crippen LogP contribution in [0.4, 0.5) is 0 Å². The van der Waals surface area contributed by atoms with E-state index >= 15 is 0 Å². The van der Waals surface area contributed by atoms with Crippen LogP contribution in [0.1, 0.15) is 11.6 Å². The van der Waals surface area contributed by atoms with Crippen molar-refractivity contribution in [2.45, 2.75) is 6.04 Å². The minimum atomic E-state index is -0.297. The van der Waals surface area contributed by atoms with Crippen LogP contribution in [0, 0.1) is 0 Å². The van der Waals surface area contributed by atoms with E-state index in [4.69, 9.17) is 10.5 Å². The quantitative estimate of drug-likeness (QED) is 0.713. The van der Waals surface area contributed by atoms with Crippen LogP contribution < -0.4 is 5.73 Å². The number of fused-ring (bicyclic) bond motifs is 1. The highest BCUT2D eigenvalue weighted by molar-refractivity contribution is 5.87. The number of nitrogens with one attached hydrogen (secondary N) is 1. The van der Waals surface area contributed by atoms with E-state index < -0.39 is 0 Å². The molecule has 0 saturated heterocycles. The van der Waals surface area contributed by atoms with Crippen LogP contribution in [0.5, 0.6) is 5.75 Å². The fraction of sp³-hybridized carbons (Fsp3) is 0.273. The summed E-state index contributed by atoms with van der Waals surface area (Å²) in [5, 5.41) is 10.8. The molecule has 0 spiro atoms. The molecule has 4 heteroatoms. The van der Waals surface area contributed by atoms with E-state index in [0.717, 1.165) is 10.9 Å². The van der Waals surface area contributed by atoms with E-state index in [1.165, 1.54) is 0 Å². The highest BCUT2D eigenvalue weighted by Crippen LogP contribution is 2.31. The van der Waals surface area contributed by atoms with Crippen molar-refractivity contribution in [2.75, 3.05) is 13.7 Å². The molecule has 0 radical (unpaired) electrons. The summed E-state index contributed by atoms with van der Waals surface area (Å²) in [4.78, 5) is 3.03. The van der Waals surface area contributed by atoms with Gasteiger partial charge in [-0.05, 0) is 12.1 Å². The summed E-state index contributed by atoms with van der Waals surface area (Å²) in [5.74, 6) is 0.235. The molecular formula is C11H14N2O2. The molecule has 2 aromatic rings. The number of aromatic amines is 1. The lowest BCUT2D eigenvalue weighted by molar-refractivity contribution is 0.180. The number of hydrogen-bond donors (Lipinski definition) is 3. The minimum absolute atomic E-state index is 0.235. The normalized spacial score (nSPS) is 13.2. The van der Waals surface area contributed by atoms with Crippen molar-refractivity contribution in [1.82, 2.24) is 4.98 Å². The molecule has 0 aliphatic heterocycles. The van der Waals surface area contributed by atoms with Gasteiger partial charge in [-0.25, -0.2) is 0 Å². The van der Waals surface area contributed by atoms with Gasteiger partial charge in [-0.2, -0.15) is 0 Å². The Morgan fingerprint density at radius 1 is 1.47 bits per heavy atom. The Hall–Kier alpha value is -1.52. The molecule has 1 heterocycles. The molecule has 0 aliphatic rings. The molecule has 0 bridgehead atoms. The van der Waals surface area contributed by atoms with Crippen LogP contribution in [0.2, 0.25) is 0 Å². The van der Waals surface area contributed by atoms with Crippen LogP contribution in [-0.4, -0.2) is 23.8 Å². The van der Waals surface area contributed by atoms with Gasteiger partial charge in [-0.15, -0.1) is 0 Å². The topological polar surface area (TPSA) is 71.3 Å². The van der Waals surface area contributed by atoms with E-state index in [1.807, 2.05) is 18.2 Å². The first-order valence-corrected chi connectivity index (χ1v) is 4.77. The standard InChI is InChI=1S/C11H14N2O2/c1-15-6-9(12)7-2-3-10-8(11(7)14)4-5-13-10/h2-5,9,13-14H,6,12H2,1H3/t9-/m1/s1. The summed E-state index contributed by atoms with van der Waals surface area (Å²) in [6.07, 6.45) is 1.79. The number of H-pyrrole nitrogens is 1. The third-order valence-electron chi connectivity index (χ3n) is 2.48. The SMILES string of the molecule is COC[C@@H](N)c1ccc2[nH]ccc2c1O. The second-order valence-corrected chi connectivity index (χ2v) is 3.50. The van der Waals surface area contributed by atoms with Crippen molar-refractivity contribution >= 4 is 10.9 Å². The molecule has 0 fully saturated rings. The van der Waals surface area contributed by atoms with Crippen LogP contribution in [0.15, 0.2) is 24.4 Å². The molecule has 0 amide bonds. The molecule has 2 rings (SSSR count). The van der Waals surface area contributed by atoms with Gasteiger partial charge in [0.15, 0.2) is 0 Å². The van der Waals surface area contributed by atoms with E-state index in [2.05, 4.69) is 4.98 Å². The molecule has 1 aromatic carbocycles. The third-order valence-corrected chi connectivity index (χ3v) is 2.48. The van der Waals surface area contributed by atoms with Gasteiger partial charge in [-0.3, -0.25) is 0 Å². The lowest BCUT2D eigenvalue weighted by atomic mass is 10.0. The Labute approximate surface area is 87.7 Å². The molecular weight excluding hydrogens is 192 g/mol. The predicted octanol–water partition coefficient (Wildman–Crippen LogP) is 1.52. The van der Waals surface area contributed by atoms with E-state index in [1.54, 1.807) is 13.3 Å². The van der Waals surface area contributed by atoms with Gasteiger partial charge in [0, 0.05) is 29.8 Å². The Balaban J connectivity index is 2.47. The van der Waals surface area contributed by atoms with Crippen LogP contribution in [-0.2, 0) is 4.74 Å². The average molecular weight is 206 g/mol. The highest BCUT2D eigenvalue weighted by Gasteiger charge is 2.13. The van der Waals surface area contributed by atoms with Crippen molar-refractivity contribution in [3.63, 3.8) is 0 Å². The Morgan fingerprint density at radius 2 is 2.27 bits per heavy atom. The van der Waals surface area contributed by atoms with E-state index in [9.17, 15) is 5.11 Å². The average Bonchev–Trinajstić information content (AvgIpc) is 2.67. The number of aromatic hydroxyl groups is 1. The highest BCUT2D eigenvalue weighted by atomic mass is 16.5. The molecule has 4 nitrogen and oxygen atoms in total. The Bertz CT molecular complexity index is 465. The zero-order valence-electron chi connectivity index (χ0n) is 8.53. The maximum Gasteiger partial charge on any atom is 0.129 e. The zero-order valence-corrected chi connectivity index (χ0v) is 8.53. The van der Waals surface area contributed by atoms with Crippen LogP contribution in [0.25, 0.3) is 10.9 Å². The smallest absolute Gasteiger partial charge is 0.129 e. The molecule has 15 heavy (non-hydrogen) atoms. The van der Waals surface area contributed by atoms with Crippen LogP contribution >= 0.6 is 0 Å². The van der Waals surface area contributed by atoms with Crippen molar-refractivity contribution in [3.05, 3.63) is 30.0 Å². The van der Waals surface area contributed by atoms with Gasteiger partial charge in [-0.1, -0.05) is 6.07 Å². The first-order valence-electron chi connectivity index (χ1n) is 4.77. The van der Waals surface area contributed by atoms with Crippen molar-refractivity contribution in [2.24, 2.45) is 5.73 Å². The number of phenols is 1. The number of benzene rings is 1. The molecule has 0 unspecified atom stereocenters. The lowest BCUT2D eigenvalue weighted by Crippen LogP contribution is -2.16. The van der Waals surface area contributed by atoms with Crippen LogP contribution in [0.3, 0.4) is 0 Å². The largest absolute Gasteiger partial charge is 0.507 e. The fourth-order valence-electron chi connectivity index (χ4n) is 1.70. The third kappa shape index (κ3) is 1.69. The second-order valence-electron chi connectivity index (χ2n) is 3.50. The molecule has 0 saturated carbocycles. The number of methoxy groups -OCH3 is 1. The molecule has 4 N–H and O–H groups in total. The van der Waals surface area contributed by atoms with Crippen molar-refractivity contribution in [3.8, 4) is 5.75 Å². The number of aromatic nitrogens is 1. The molecule has 1 atom stereocenters.